The highest BCUT2D eigenvalue weighted by atomic mass is 19.1. The van der Waals surface area contributed by atoms with Crippen LogP contribution in [0.25, 0.3) is 0 Å². The molecule has 1 aromatic carbocycles. The first-order chi connectivity index (χ1) is 7.15. The quantitative estimate of drug-likeness (QED) is 0.764. The van der Waals surface area contributed by atoms with Gasteiger partial charge in [0.05, 0.1) is 11.6 Å². The normalized spacial score (nSPS) is 11.8. The highest BCUT2D eigenvalue weighted by molar-refractivity contribution is 5.33. The summed E-state index contributed by atoms with van der Waals surface area (Å²) in [4.78, 5) is 0. The largest absolute Gasteiger partial charge is 0.307 e. The van der Waals surface area contributed by atoms with Gasteiger partial charge in [0, 0.05) is 12.6 Å². The SMILES string of the molecule is C=CC(C)NCc1cc(F)cc(C#N)c1. The minimum atomic E-state index is -0.378. The average molecular weight is 204 g/mol. The van der Waals surface area contributed by atoms with Crippen molar-refractivity contribution in [3.05, 3.63) is 47.8 Å². The molecular formula is C12H13FN2. The highest BCUT2D eigenvalue weighted by Gasteiger charge is 2.01. The smallest absolute Gasteiger partial charge is 0.124 e. The second kappa shape index (κ2) is 5.28. The van der Waals surface area contributed by atoms with Crippen molar-refractivity contribution in [1.29, 1.82) is 5.26 Å². The summed E-state index contributed by atoms with van der Waals surface area (Å²) in [7, 11) is 0. The van der Waals surface area contributed by atoms with Crippen molar-refractivity contribution in [2.45, 2.75) is 19.5 Å². The summed E-state index contributed by atoms with van der Waals surface area (Å²) in [5, 5.41) is 11.8. The van der Waals surface area contributed by atoms with Crippen LogP contribution in [0, 0.1) is 17.1 Å². The second-order valence-corrected chi connectivity index (χ2v) is 3.37. The molecule has 0 aliphatic carbocycles. The van der Waals surface area contributed by atoms with Crippen LogP contribution in [0.2, 0.25) is 0 Å². The average Bonchev–Trinajstić information content (AvgIpc) is 2.25. The molecule has 1 atom stereocenters. The molecule has 0 amide bonds. The monoisotopic (exact) mass is 204 g/mol. The third-order valence-electron chi connectivity index (χ3n) is 2.07. The van der Waals surface area contributed by atoms with Gasteiger partial charge in [0.2, 0.25) is 0 Å². The molecule has 0 spiro atoms. The van der Waals surface area contributed by atoms with Crippen LogP contribution >= 0.6 is 0 Å². The number of hydrogen-bond donors (Lipinski definition) is 1. The van der Waals surface area contributed by atoms with Gasteiger partial charge in [0.15, 0.2) is 0 Å². The first-order valence-corrected chi connectivity index (χ1v) is 4.71. The maximum atomic E-state index is 13.0. The second-order valence-electron chi connectivity index (χ2n) is 3.37. The zero-order chi connectivity index (χ0) is 11.3. The molecule has 1 rings (SSSR count). The third-order valence-corrected chi connectivity index (χ3v) is 2.07. The summed E-state index contributed by atoms with van der Waals surface area (Å²) < 4.78 is 13.0. The van der Waals surface area contributed by atoms with E-state index in [1.807, 2.05) is 13.0 Å². The maximum Gasteiger partial charge on any atom is 0.124 e. The van der Waals surface area contributed by atoms with Gasteiger partial charge in [0.1, 0.15) is 5.82 Å². The first-order valence-electron chi connectivity index (χ1n) is 4.71. The Hall–Kier alpha value is -1.66. The zero-order valence-electron chi connectivity index (χ0n) is 8.63. The van der Waals surface area contributed by atoms with Gasteiger partial charge in [-0.2, -0.15) is 5.26 Å². The van der Waals surface area contributed by atoms with Crippen molar-refractivity contribution in [2.24, 2.45) is 0 Å². The molecule has 2 nitrogen and oxygen atoms in total. The Kier molecular flexibility index (Phi) is 4.02. The zero-order valence-corrected chi connectivity index (χ0v) is 8.63. The van der Waals surface area contributed by atoms with E-state index < -0.39 is 0 Å². The molecule has 1 aromatic rings. The van der Waals surface area contributed by atoms with Gasteiger partial charge >= 0.3 is 0 Å². The molecular weight excluding hydrogens is 191 g/mol. The third kappa shape index (κ3) is 3.53. The predicted octanol–water partition coefficient (Wildman–Crippen LogP) is 2.36. The van der Waals surface area contributed by atoms with E-state index in [-0.39, 0.29) is 11.9 Å². The highest BCUT2D eigenvalue weighted by Crippen LogP contribution is 2.08. The summed E-state index contributed by atoms with van der Waals surface area (Å²) in [6.45, 7) is 6.12. The number of hydrogen-bond acceptors (Lipinski definition) is 2. The Morgan fingerprint density at radius 2 is 2.33 bits per heavy atom. The predicted molar refractivity (Wildman–Crippen MR) is 57.6 cm³/mol. The first kappa shape index (κ1) is 11.4. The molecule has 0 heterocycles. The fourth-order valence-electron chi connectivity index (χ4n) is 1.18. The minimum absolute atomic E-state index is 0.166. The van der Waals surface area contributed by atoms with Crippen molar-refractivity contribution < 1.29 is 4.39 Å². The van der Waals surface area contributed by atoms with Gasteiger partial charge in [-0.1, -0.05) is 6.08 Å². The molecule has 3 heteroatoms. The lowest BCUT2D eigenvalue weighted by Gasteiger charge is -2.09. The van der Waals surface area contributed by atoms with Crippen LogP contribution < -0.4 is 5.32 Å². The van der Waals surface area contributed by atoms with Crippen LogP contribution in [0.4, 0.5) is 4.39 Å². The fourth-order valence-corrected chi connectivity index (χ4v) is 1.18. The molecule has 15 heavy (non-hydrogen) atoms. The van der Waals surface area contributed by atoms with Crippen LogP contribution in [0.15, 0.2) is 30.9 Å². The minimum Gasteiger partial charge on any atom is -0.307 e. The Bertz CT molecular complexity index is 393. The van der Waals surface area contributed by atoms with Gasteiger partial charge in [-0.05, 0) is 30.7 Å². The lowest BCUT2D eigenvalue weighted by atomic mass is 10.1. The number of benzene rings is 1. The summed E-state index contributed by atoms with van der Waals surface area (Å²) in [5.74, 6) is -0.378. The number of nitrogens with one attached hydrogen (secondary N) is 1. The summed E-state index contributed by atoms with van der Waals surface area (Å²) in [6.07, 6.45) is 1.77. The molecule has 0 aliphatic rings. The number of rotatable bonds is 4. The molecule has 1 unspecified atom stereocenters. The molecule has 0 bridgehead atoms. The molecule has 0 fully saturated rings. The van der Waals surface area contributed by atoms with Crippen LogP contribution in [0.5, 0.6) is 0 Å². The van der Waals surface area contributed by atoms with Gasteiger partial charge in [0.25, 0.3) is 0 Å². The number of halogens is 1. The van der Waals surface area contributed by atoms with Crippen LogP contribution in [0.1, 0.15) is 18.1 Å². The van der Waals surface area contributed by atoms with E-state index in [0.29, 0.717) is 12.1 Å². The molecule has 0 aromatic heterocycles. The van der Waals surface area contributed by atoms with E-state index in [4.69, 9.17) is 5.26 Å². The Morgan fingerprint density at radius 1 is 1.60 bits per heavy atom. The Balaban J connectivity index is 2.73. The molecule has 0 aliphatic heterocycles. The maximum absolute atomic E-state index is 13.0. The molecule has 0 saturated carbocycles. The lowest BCUT2D eigenvalue weighted by molar-refractivity contribution is 0.609. The summed E-state index contributed by atoms with van der Waals surface area (Å²) in [6, 6.07) is 6.40. The van der Waals surface area contributed by atoms with Gasteiger partial charge in [-0.3, -0.25) is 0 Å². The summed E-state index contributed by atoms with van der Waals surface area (Å²) >= 11 is 0. The van der Waals surface area contributed by atoms with Crippen molar-refractivity contribution in [2.75, 3.05) is 0 Å². The standard InChI is InChI=1S/C12H13FN2/c1-3-9(2)15-8-11-4-10(7-14)5-12(13)6-11/h3-6,9,15H,1,8H2,2H3. The van der Waals surface area contributed by atoms with Crippen LogP contribution in [-0.2, 0) is 6.54 Å². The van der Waals surface area contributed by atoms with Crippen molar-refractivity contribution in [1.82, 2.24) is 5.32 Å². The van der Waals surface area contributed by atoms with Gasteiger partial charge in [-0.25, -0.2) is 4.39 Å². The van der Waals surface area contributed by atoms with E-state index >= 15 is 0 Å². The Morgan fingerprint density at radius 3 is 2.93 bits per heavy atom. The van der Waals surface area contributed by atoms with E-state index in [1.54, 1.807) is 12.1 Å². The fraction of sp³-hybridized carbons (Fsp3) is 0.250. The van der Waals surface area contributed by atoms with Crippen molar-refractivity contribution in [3.63, 3.8) is 0 Å². The van der Waals surface area contributed by atoms with E-state index in [2.05, 4.69) is 11.9 Å². The van der Waals surface area contributed by atoms with Gasteiger partial charge < -0.3 is 5.32 Å². The molecule has 0 radical (unpaired) electrons. The summed E-state index contributed by atoms with van der Waals surface area (Å²) in [5.41, 5.74) is 1.11. The van der Waals surface area contributed by atoms with Gasteiger partial charge in [-0.15, -0.1) is 6.58 Å². The topological polar surface area (TPSA) is 35.8 Å². The van der Waals surface area contributed by atoms with E-state index in [9.17, 15) is 4.39 Å². The Labute approximate surface area is 89.0 Å². The van der Waals surface area contributed by atoms with E-state index in [0.717, 1.165) is 5.56 Å². The van der Waals surface area contributed by atoms with Crippen molar-refractivity contribution in [3.8, 4) is 6.07 Å². The van der Waals surface area contributed by atoms with E-state index in [1.165, 1.54) is 12.1 Å². The molecule has 78 valence electrons. The number of nitrogens with zero attached hydrogens (tertiary/aromatic N) is 1. The number of nitriles is 1. The lowest BCUT2D eigenvalue weighted by Crippen LogP contribution is -2.22. The van der Waals surface area contributed by atoms with Crippen LogP contribution in [-0.4, -0.2) is 6.04 Å². The van der Waals surface area contributed by atoms with Crippen LogP contribution in [0.3, 0.4) is 0 Å². The molecule has 1 N–H and O–H groups in total. The molecule has 0 saturated heterocycles. The van der Waals surface area contributed by atoms with Crippen molar-refractivity contribution >= 4 is 0 Å².